The van der Waals surface area contributed by atoms with Gasteiger partial charge in [0.1, 0.15) is 11.9 Å². The Morgan fingerprint density at radius 1 is 1.14 bits per heavy atom. The Labute approximate surface area is 215 Å². The van der Waals surface area contributed by atoms with E-state index in [-0.39, 0.29) is 50.3 Å². The molecule has 36 heavy (non-hydrogen) atoms. The molecule has 2 aliphatic rings. The van der Waals surface area contributed by atoms with Crippen LogP contribution < -0.4 is 15.4 Å². The average Bonchev–Trinajstić information content (AvgIpc) is 2.87. The molecule has 2 fully saturated rings. The number of urea groups is 1. The van der Waals surface area contributed by atoms with Gasteiger partial charge in [-0.1, -0.05) is 29.8 Å². The first-order valence-electron chi connectivity index (χ1n) is 12.1. The van der Waals surface area contributed by atoms with Gasteiger partial charge in [0.05, 0.1) is 51.5 Å². The highest BCUT2D eigenvalue weighted by molar-refractivity contribution is 6.30. The Balaban J connectivity index is 1.35. The van der Waals surface area contributed by atoms with Crippen molar-refractivity contribution in [3.05, 3.63) is 59.1 Å². The van der Waals surface area contributed by atoms with Gasteiger partial charge >= 0.3 is 6.03 Å². The summed E-state index contributed by atoms with van der Waals surface area (Å²) in [5.41, 5.74) is 1.50. The Bertz CT molecular complexity index is 1040. The first kappa shape index (κ1) is 26.2. The van der Waals surface area contributed by atoms with E-state index in [1.807, 2.05) is 24.3 Å². The minimum Gasteiger partial charge on any atom is -0.496 e. The van der Waals surface area contributed by atoms with Gasteiger partial charge in [-0.15, -0.1) is 0 Å². The van der Waals surface area contributed by atoms with Crippen molar-refractivity contribution in [2.45, 2.75) is 50.2 Å². The first-order chi connectivity index (χ1) is 17.4. The van der Waals surface area contributed by atoms with Gasteiger partial charge in [0.25, 0.3) is 0 Å². The zero-order valence-electron chi connectivity index (χ0n) is 20.2. The molecule has 2 aromatic rings. The van der Waals surface area contributed by atoms with Crippen LogP contribution in [0.2, 0.25) is 5.02 Å². The van der Waals surface area contributed by atoms with E-state index >= 15 is 0 Å². The third-order valence-corrected chi connectivity index (χ3v) is 6.67. The zero-order valence-corrected chi connectivity index (χ0v) is 20.9. The summed E-state index contributed by atoms with van der Waals surface area (Å²) in [5.74, 6) is 0.601. The number of para-hydroxylation sites is 1. The summed E-state index contributed by atoms with van der Waals surface area (Å²) >= 11 is 5.94. The normalized spacial score (nSPS) is 24.1. The summed E-state index contributed by atoms with van der Waals surface area (Å²) < 4.78 is 17.2. The number of halogens is 1. The van der Waals surface area contributed by atoms with Crippen LogP contribution >= 0.6 is 11.6 Å². The molecule has 9 nitrogen and oxygen atoms in total. The maximum atomic E-state index is 13.1. The van der Waals surface area contributed by atoms with Crippen molar-refractivity contribution < 1.29 is 28.9 Å². The smallest absolute Gasteiger partial charge is 0.322 e. The lowest BCUT2D eigenvalue weighted by Gasteiger charge is -2.44. The second kappa shape index (κ2) is 12.4. The minimum atomic E-state index is -0.805. The Kier molecular flexibility index (Phi) is 9.03. The molecule has 0 aliphatic carbocycles. The van der Waals surface area contributed by atoms with Crippen molar-refractivity contribution >= 4 is 29.2 Å². The zero-order chi connectivity index (χ0) is 25.5. The number of nitrogens with one attached hydrogen (secondary N) is 2. The molecule has 0 saturated carbocycles. The molecule has 194 valence electrons. The largest absolute Gasteiger partial charge is 0.496 e. The van der Waals surface area contributed by atoms with Crippen LogP contribution in [0.5, 0.6) is 5.75 Å². The predicted octanol–water partition coefficient (Wildman–Crippen LogP) is 3.20. The summed E-state index contributed by atoms with van der Waals surface area (Å²) in [4.78, 5) is 27.4. The van der Waals surface area contributed by atoms with E-state index in [1.165, 1.54) is 0 Å². The highest BCUT2D eigenvalue weighted by atomic mass is 35.5. The number of hydrogen-bond donors (Lipinski definition) is 3. The molecule has 2 aromatic carbocycles. The molecule has 0 radical (unpaired) electrons. The Morgan fingerprint density at radius 3 is 2.69 bits per heavy atom. The molecular formula is C26H32ClN3O6. The average molecular weight is 518 g/mol. The number of nitrogens with zero attached hydrogens (tertiary/aromatic N) is 1. The van der Waals surface area contributed by atoms with E-state index in [2.05, 4.69) is 10.6 Å². The number of aliphatic hydroxyl groups excluding tert-OH is 1. The Hall–Kier alpha value is -2.85. The molecule has 4 rings (SSSR count). The standard InChI is InChI=1S/C26H32ClN3O6/c1-34-23-5-3-2-4-17(23)13-28-25(32)12-21-10-11-22-24(36-21)16-35-15-20(31)14-30(22)26(33)29-19-8-6-18(27)7-9-19/h2-9,20-22,24,31H,10-16H2,1H3,(H,28,32)(H,29,33)/t20-,21+,22+,24-/m1/s1. The molecule has 0 unspecified atom stereocenters. The fourth-order valence-electron chi connectivity index (χ4n) is 4.62. The second-order valence-corrected chi connectivity index (χ2v) is 9.45. The van der Waals surface area contributed by atoms with Crippen molar-refractivity contribution in [1.82, 2.24) is 10.2 Å². The monoisotopic (exact) mass is 517 g/mol. The lowest BCUT2D eigenvalue weighted by Crippen LogP contribution is -2.58. The van der Waals surface area contributed by atoms with Crippen LogP contribution in [0.1, 0.15) is 24.8 Å². The molecular weight excluding hydrogens is 486 g/mol. The number of benzene rings is 2. The topological polar surface area (TPSA) is 109 Å². The van der Waals surface area contributed by atoms with Crippen LogP contribution in [0.4, 0.5) is 10.5 Å². The van der Waals surface area contributed by atoms with Gasteiger partial charge in [0, 0.05) is 22.8 Å². The molecule has 0 spiro atoms. The van der Waals surface area contributed by atoms with E-state index in [9.17, 15) is 14.7 Å². The van der Waals surface area contributed by atoms with Crippen molar-refractivity contribution in [2.75, 3.05) is 32.2 Å². The van der Waals surface area contributed by atoms with E-state index < -0.39 is 12.2 Å². The third kappa shape index (κ3) is 6.88. The number of rotatable bonds is 6. The van der Waals surface area contributed by atoms with Crippen molar-refractivity contribution in [3.63, 3.8) is 0 Å². The van der Waals surface area contributed by atoms with E-state index in [1.54, 1.807) is 36.3 Å². The molecule has 2 aliphatic heterocycles. The molecule has 4 atom stereocenters. The predicted molar refractivity (Wildman–Crippen MR) is 135 cm³/mol. The quantitative estimate of drug-likeness (QED) is 0.543. The Morgan fingerprint density at radius 2 is 1.92 bits per heavy atom. The number of amides is 3. The second-order valence-electron chi connectivity index (χ2n) is 9.01. The molecule has 0 aromatic heterocycles. The van der Waals surface area contributed by atoms with Crippen LogP contribution in [-0.2, 0) is 20.8 Å². The summed E-state index contributed by atoms with van der Waals surface area (Å²) in [6.45, 7) is 0.808. The third-order valence-electron chi connectivity index (χ3n) is 6.42. The van der Waals surface area contributed by atoms with E-state index in [0.29, 0.717) is 30.1 Å². The molecule has 10 heteroatoms. The SMILES string of the molecule is COc1ccccc1CNC(=O)C[C@@H]1CC[C@H]2[C@@H](COC[C@H](O)CN2C(=O)Nc2ccc(Cl)cc2)O1. The van der Waals surface area contributed by atoms with Crippen LogP contribution in [0.25, 0.3) is 0 Å². The van der Waals surface area contributed by atoms with Gasteiger partial charge in [-0.3, -0.25) is 4.79 Å². The number of carbonyl (C=O) groups is 2. The van der Waals surface area contributed by atoms with Crippen LogP contribution in [0.3, 0.4) is 0 Å². The van der Waals surface area contributed by atoms with E-state index in [0.717, 1.165) is 11.3 Å². The maximum Gasteiger partial charge on any atom is 0.322 e. The summed E-state index contributed by atoms with van der Waals surface area (Å²) in [6, 6.07) is 13.8. The van der Waals surface area contributed by atoms with Crippen molar-refractivity contribution in [2.24, 2.45) is 0 Å². The number of ether oxygens (including phenoxy) is 3. The number of methoxy groups -OCH3 is 1. The summed E-state index contributed by atoms with van der Waals surface area (Å²) in [6.07, 6.45) is -0.0750. The fourth-order valence-corrected chi connectivity index (χ4v) is 4.75. The van der Waals surface area contributed by atoms with Crippen LogP contribution in [0, 0.1) is 0 Å². The number of carbonyl (C=O) groups excluding carboxylic acids is 2. The van der Waals surface area contributed by atoms with Gasteiger partial charge in [-0.25, -0.2) is 4.79 Å². The lowest BCUT2D eigenvalue weighted by atomic mass is 9.95. The van der Waals surface area contributed by atoms with Gasteiger partial charge in [0.2, 0.25) is 5.91 Å². The van der Waals surface area contributed by atoms with Gasteiger partial charge in [-0.05, 0) is 43.2 Å². The number of anilines is 1. The lowest BCUT2D eigenvalue weighted by molar-refractivity contribution is -0.149. The summed E-state index contributed by atoms with van der Waals surface area (Å²) in [5, 5.41) is 16.7. The molecule has 3 amide bonds. The molecule has 0 bridgehead atoms. The summed E-state index contributed by atoms with van der Waals surface area (Å²) in [7, 11) is 1.60. The number of hydrogen-bond acceptors (Lipinski definition) is 6. The van der Waals surface area contributed by atoms with Gasteiger partial charge < -0.3 is 34.9 Å². The highest BCUT2D eigenvalue weighted by Crippen LogP contribution is 2.28. The van der Waals surface area contributed by atoms with E-state index in [4.69, 9.17) is 25.8 Å². The fraction of sp³-hybridized carbons (Fsp3) is 0.462. The molecule has 2 saturated heterocycles. The van der Waals surface area contributed by atoms with Gasteiger partial charge in [-0.2, -0.15) is 0 Å². The molecule has 2 heterocycles. The van der Waals surface area contributed by atoms with Gasteiger partial charge in [0.15, 0.2) is 0 Å². The minimum absolute atomic E-state index is 0.0986. The highest BCUT2D eigenvalue weighted by Gasteiger charge is 2.40. The molecule has 3 N–H and O–H groups in total. The van der Waals surface area contributed by atoms with Crippen molar-refractivity contribution in [3.8, 4) is 5.75 Å². The first-order valence-corrected chi connectivity index (χ1v) is 12.4. The van der Waals surface area contributed by atoms with Crippen LogP contribution in [-0.4, -0.2) is 73.2 Å². The van der Waals surface area contributed by atoms with Crippen LogP contribution in [0.15, 0.2) is 48.5 Å². The number of fused-ring (bicyclic) bond motifs is 1. The van der Waals surface area contributed by atoms with Crippen molar-refractivity contribution in [1.29, 1.82) is 0 Å². The maximum absolute atomic E-state index is 13.1. The number of β-amino-alcohol motifs (C(OH)–C–C–N with tert-alkyl or cyclic N) is 1. The number of aliphatic hydroxyl groups is 1.